The first-order valence-corrected chi connectivity index (χ1v) is 6.47. The van der Waals surface area contributed by atoms with Crippen molar-refractivity contribution in [2.75, 3.05) is 12.5 Å². The van der Waals surface area contributed by atoms with E-state index in [1.54, 1.807) is 34.9 Å². The summed E-state index contributed by atoms with van der Waals surface area (Å²) in [5, 5.41) is 11.4. The second-order valence-corrected chi connectivity index (χ2v) is 5.19. The molecule has 1 heterocycles. The van der Waals surface area contributed by atoms with Gasteiger partial charge in [-0.3, -0.25) is 0 Å². The van der Waals surface area contributed by atoms with Crippen LogP contribution in [0.3, 0.4) is 0 Å². The molecule has 0 amide bonds. The Morgan fingerprint density at radius 1 is 1.50 bits per heavy atom. The predicted octanol–water partition coefficient (Wildman–Crippen LogP) is 3.00. The highest BCUT2D eigenvalue weighted by Gasteiger charge is 2.05. The Morgan fingerprint density at radius 2 is 2.25 bits per heavy atom. The second kappa shape index (κ2) is 4.79. The van der Waals surface area contributed by atoms with Gasteiger partial charge in [0, 0.05) is 5.56 Å². The van der Waals surface area contributed by atoms with Crippen molar-refractivity contribution < 1.29 is 5.21 Å². The van der Waals surface area contributed by atoms with E-state index in [1.807, 2.05) is 18.6 Å². The molecule has 1 aromatic rings. The van der Waals surface area contributed by atoms with E-state index in [-0.39, 0.29) is 0 Å². The molecule has 0 aliphatic carbocycles. The summed E-state index contributed by atoms with van der Waals surface area (Å²) in [5.41, 5.74) is 0.999. The van der Waals surface area contributed by atoms with Gasteiger partial charge in [0.1, 0.15) is 0 Å². The zero-order valence-electron chi connectivity index (χ0n) is 6.77. The summed E-state index contributed by atoms with van der Waals surface area (Å²) in [5.74, 6) is 0. The van der Waals surface area contributed by atoms with Crippen LogP contribution in [0, 0.1) is 0 Å². The van der Waals surface area contributed by atoms with E-state index < -0.39 is 0 Å². The molecule has 0 bridgehead atoms. The molecular formula is C7H9NOS3. The van der Waals surface area contributed by atoms with Crippen LogP contribution in [0.5, 0.6) is 0 Å². The molecule has 0 saturated heterocycles. The van der Waals surface area contributed by atoms with Crippen LogP contribution >= 0.6 is 34.9 Å². The lowest BCUT2D eigenvalue weighted by Crippen LogP contribution is -1.76. The lowest BCUT2D eigenvalue weighted by atomic mass is 10.4. The number of nitrogens with zero attached hydrogens (tertiary/aromatic N) is 1. The second-order valence-electron chi connectivity index (χ2n) is 1.96. The van der Waals surface area contributed by atoms with Crippen molar-refractivity contribution >= 4 is 41.1 Å². The van der Waals surface area contributed by atoms with E-state index in [2.05, 4.69) is 5.16 Å². The van der Waals surface area contributed by atoms with Gasteiger partial charge < -0.3 is 5.21 Å². The summed E-state index contributed by atoms with van der Waals surface area (Å²) in [4.78, 5) is 0. The summed E-state index contributed by atoms with van der Waals surface area (Å²) < 4.78 is 2.44. The molecule has 0 aliphatic rings. The Bertz CT molecular complexity index is 282. The molecule has 0 radical (unpaired) electrons. The average Bonchev–Trinajstić information content (AvgIpc) is 2.48. The summed E-state index contributed by atoms with van der Waals surface area (Å²) in [7, 11) is 0. The van der Waals surface area contributed by atoms with Gasteiger partial charge in [-0.15, -0.1) is 34.9 Å². The van der Waals surface area contributed by atoms with Crippen molar-refractivity contribution in [2.45, 2.75) is 8.42 Å². The normalized spacial score (nSPS) is 11.2. The standard InChI is InChI=1S/C7H9NOS3/c1-10-6-3-5(4-8-9)7(11-2)12-6/h3-4,9H,1-2H3/b8-4+. The number of hydrogen-bond acceptors (Lipinski definition) is 5. The fourth-order valence-electron chi connectivity index (χ4n) is 0.778. The summed E-state index contributed by atoms with van der Waals surface area (Å²) >= 11 is 5.10. The molecule has 2 nitrogen and oxygen atoms in total. The van der Waals surface area contributed by atoms with Crippen LogP contribution < -0.4 is 0 Å². The van der Waals surface area contributed by atoms with Gasteiger partial charge in [0.25, 0.3) is 0 Å². The smallest absolute Gasteiger partial charge is 0.0754 e. The quantitative estimate of drug-likeness (QED) is 0.367. The third-order valence-corrected chi connectivity index (χ3v) is 4.65. The highest BCUT2D eigenvalue weighted by atomic mass is 32.2. The van der Waals surface area contributed by atoms with Crippen molar-refractivity contribution in [3.05, 3.63) is 11.6 Å². The highest BCUT2D eigenvalue weighted by molar-refractivity contribution is 8.02. The molecule has 0 saturated carbocycles. The molecule has 0 aromatic carbocycles. The largest absolute Gasteiger partial charge is 0.411 e. The van der Waals surface area contributed by atoms with Crippen molar-refractivity contribution in [3.8, 4) is 0 Å². The third kappa shape index (κ3) is 2.18. The number of hydrogen-bond donors (Lipinski definition) is 1. The highest BCUT2D eigenvalue weighted by Crippen LogP contribution is 2.34. The van der Waals surface area contributed by atoms with Crippen LogP contribution in [0.2, 0.25) is 0 Å². The van der Waals surface area contributed by atoms with Crippen LogP contribution in [0.15, 0.2) is 19.6 Å². The van der Waals surface area contributed by atoms with E-state index in [4.69, 9.17) is 5.21 Å². The molecule has 1 N–H and O–H groups in total. The van der Waals surface area contributed by atoms with Gasteiger partial charge in [-0.1, -0.05) is 5.16 Å². The minimum atomic E-state index is 0.999. The first-order valence-electron chi connectivity index (χ1n) is 3.21. The van der Waals surface area contributed by atoms with Crippen LogP contribution in [0.25, 0.3) is 0 Å². The van der Waals surface area contributed by atoms with Crippen molar-refractivity contribution in [1.82, 2.24) is 0 Å². The van der Waals surface area contributed by atoms with E-state index in [0.717, 1.165) is 5.56 Å². The van der Waals surface area contributed by atoms with Crippen molar-refractivity contribution in [3.63, 3.8) is 0 Å². The SMILES string of the molecule is CSc1cc(/C=N/O)c(SC)s1. The van der Waals surface area contributed by atoms with Gasteiger partial charge in [-0.2, -0.15) is 0 Å². The zero-order chi connectivity index (χ0) is 8.97. The van der Waals surface area contributed by atoms with E-state index >= 15 is 0 Å². The molecule has 0 unspecified atom stereocenters. The van der Waals surface area contributed by atoms with Gasteiger partial charge in [0.15, 0.2) is 0 Å². The van der Waals surface area contributed by atoms with E-state index in [1.165, 1.54) is 14.6 Å². The Kier molecular flexibility index (Phi) is 3.97. The topological polar surface area (TPSA) is 32.6 Å². The maximum atomic E-state index is 8.38. The lowest BCUT2D eigenvalue weighted by molar-refractivity contribution is 0.322. The molecule has 1 aromatic heterocycles. The number of rotatable bonds is 3. The summed E-state index contributed by atoms with van der Waals surface area (Å²) in [6, 6.07) is 2.03. The van der Waals surface area contributed by atoms with Gasteiger partial charge in [-0.25, -0.2) is 0 Å². The summed E-state index contributed by atoms with van der Waals surface area (Å²) in [6.45, 7) is 0. The molecule has 0 spiro atoms. The number of thiophene rings is 1. The van der Waals surface area contributed by atoms with Crippen molar-refractivity contribution in [1.29, 1.82) is 0 Å². The number of thioether (sulfide) groups is 2. The van der Waals surface area contributed by atoms with Crippen LogP contribution in [0.4, 0.5) is 0 Å². The molecular weight excluding hydrogens is 210 g/mol. The average molecular weight is 219 g/mol. The maximum Gasteiger partial charge on any atom is 0.0754 e. The third-order valence-electron chi connectivity index (χ3n) is 1.29. The first kappa shape index (κ1) is 9.95. The van der Waals surface area contributed by atoms with Gasteiger partial charge in [-0.05, 0) is 18.6 Å². The molecule has 5 heteroatoms. The minimum absolute atomic E-state index is 0.999. The minimum Gasteiger partial charge on any atom is -0.411 e. The van der Waals surface area contributed by atoms with Crippen LogP contribution in [0.1, 0.15) is 5.56 Å². The van der Waals surface area contributed by atoms with Gasteiger partial charge >= 0.3 is 0 Å². The fraction of sp³-hybridized carbons (Fsp3) is 0.286. The van der Waals surface area contributed by atoms with Crippen LogP contribution in [-0.2, 0) is 0 Å². The molecule has 0 atom stereocenters. The van der Waals surface area contributed by atoms with Crippen LogP contribution in [-0.4, -0.2) is 23.9 Å². The van der Waals surface area contributed by atoms with E-state index in [0.29, 0.717) is 0 Å². The first-order chi connectivity index (χ1) is 5.81. The fourth-order valence-corrected chi connectivity index (χ4v) is 3.31. The van der Waals surface area contributed by atoms with Crippen molar-refractivity contribution in [2.24, 2.45) is 5.16 Å². The maximum absolute atomic E-state index is 8.38. The van der Waals surface area contributed by atoms with Gasteiger partial charge in [0.2, 0.25) is 0 Å². The van der Waals surface area contributed by atoms with E-state index in [9.17, 15) is 0 Å². The molecule has 66 valence electrons. The Morgan fingerprint density at radius 3 is 2.75 bits per heavy atom. The molecule has 0 fully saturated rings. The Balaban J connectivity index is 2.99. The Labute approximate surface area is 84.1 Å². The molecule has 0 aliphatic heterocycles. The lowest BCUT2D eigenvalue weighted by Gasteiger charge is -1.88. The molecule has 1 rings (SSSR count). The zero-order valence-corrected chi connectivity index (χ0v) is 9.22. The monoisotopic (exact) mass is 219 g/mol. The number of oxime groups is 1. The predicted molar refractivity (Wildman–Crippen MR) is 57.3 cm³/mol. The Hall–Kier alpha value is -0.130. The molecule has 12 heavy (non-hydrogen) atoms. The van der Waals surface area contributed by atoms with Gasteiger partial charge in [0.05, 0.1) is 14.6 Å². The summed E-state index contributed by atoms with van der Waals surface area (Å²) in [6.07, 6.45) is 5.53.